The predicted octanol–water partition coefficient (Wildman–Crippen LogP) is 1.44. The van der Waals surface area contributed by atoms with Crippen LogP contribution in [0.2, 0.25) is 0 Å². The number of hydrogen-bond acceptors (Lipinski definition) is 5. The highest BCUT2D eigenvalue weighted by molar-refractivity contribution is 5.82. The van der Waals surface area contributed by atoms with Gasteiger partial charge in [-0.25, -0.2) is 13.8 Å². The van der Waals surface area contributed by atoms with Gasteiger partial charge in [0.15, 0.2) is 5.82 Å². The molecule has 3 aromatic rings. The van der Waals surface area contributed by atoms with Gasteiger partial charge in [-0.05, 0) is 18.2 Å². The molecule has 0 saturated heterocycles. The van der Waals surface area contributed by atoms with E-state index < -0.39 is 22.8 Å². The number of nitrogens with zero attached hydrogens (tertiary/aromatic N) is 3. The first-order valence-corrected chi connectivity index (χ1v) is 6.26. The number of fused-ring (bicyclic) bond motifs is 1. The lowest BCUT2D eigenvalue weighted by molar-refractivity contribution is 0.592. The van der Waals surface area contributed by atoms with Crippen LogP contribution in [0, 0.1) is 11.6 Å². The number of benzene rings is 1. The Labute approximate surface area is 123 Å². The molecule has 0 saturated carbocycles. The summed E-state index contributed by atoms with van der Waals surface area (Å²) in [5, 5.41) is 0.424. The molecule has 22 heavy (non-hydrogen) atoms. The van der Waals surface area contributed by atoms with Crippen molar-refractivity contribution >= 4 is 22.7 Å². The third-order valence-corrected chi connectivity index (χ3v) is 3.36. The van der Waals surface area contributed by atoms with E-state index in [9.17, 15) is 13.6 Å². The van der Waals surface area contributed by atoms with E-state index in [4.69, 9.17) is 11.5 Å². The molecule has 2 aromatic heterocycles. The van der Waals surface area contributed by atoms with Gasteiger partial charge in [0, 0.05) is 18.6 Å². The Hall–Kier alpha value is -3.03. The summed E-state index contributed by atoms with van der Waals surface area (Å²) in [5.41, 5.74) is 9.72. The van der Waals surface area contributed by atoms with Gasteiger partial charge in [-0.3, -0.25) is 9.36 Å². The number of halogens is 2. The predicted molar refractivity (Wildman–Crippen MR) is 79.0 cm³/mol. The molecule has 0 bridgehead atoms. The van der Waals surface area contributed by atoms with Gasteiger partial charge in [0.2, 0.25) is 5.95 Å². The highest BCUT2D eigenvalue weighted by atomic mass is 19.1. The number of hydrogen-bond donors (Lipinski definition) is 2. The van der Waals surface area contributed by atoms with E-state index in [-0.39, 0.29) is 22.8 Å². The van der Waals surface area contributed by atoms with Gasteiger partial charge < -0.3 is 11.5 Å². The van der Waals surface area contributed by atoms with Crippen molar-refractivity contribution in [2.24, 2.45) is 7.05 Å². The molecular formula is C14H11F2N5O. The van der Waals surface area contributed by atoms with Crippen LogP contribution in [0.25, 0.3) is 22.2 Å². The van der Waals surface area contributed by atoms with Gasteiger partial charge in [-0.15, -0.1) is 0 Å². The average Bonchev–Trinajstić information content (AvgIpc) is 2.49. The van der Waals surface area contributed by atoms with Crippen molar-refractivity contribution in [1.29, 1.82) is 0 Å². The summed E-state index contributed by atoms with van der Waals surface area (Å²) >= 11 is 0. The highest BCUT2D eigenvalue weighted by Crippen LogP contribution is 2.28. The monoisotopic (exact) mass is 303 g/mol. The van der Waals surface area contributed by atoms with Crippen LogP contribution in [0.15, 0.2) is 29.2 Å². The Morgan fingerprint density at radius 1 is 1.23 bits per heavy atom. The molecule has 1 aromatic carbocycles. The molecule has 8 heteroatoms. The Morgan fingerprint density at radius 2 is 1.95 bits per heavy atom. The second-order valence-corrected chi connectivity index (χ2v) is 4.75. The third-order valence-electron chi connectivity index (χ3n) is 3.36. The maximum absolute atomic E-state index is 14.2. The smallest absolute Gasteiger partial charge is 0.260 e. The van der Waals surface area contributed by atoms with E-state index in [2.05, 4.69) is 9.97 Å². The van der Waals surface area contributed by atoms with Crippen molar-refractivity contribution in [3.05, 3.63) is 46.4 Å². The molecule has 0 unspecified atom stereocenters. The zero-order valence-electron chi connectivity index (χ0n) is 11.5. The van der Waals surface area contributed by atoms with Gasteiger partial charge in [0.25, 0.3) is 5.56 Å². The molecule has 3 rings (SSSR count). The van der Waals surface area contributed by atoms with Gasteiger partial charge >= 0.3 is 0 Å². The lowest BCUT2D eigenvalue weighted by Gasteiger charge is -2.10. The summed E-state index contributed by atoms with van der Waals surface area (Å²) in [6.45, 7) is 0. The SMILES string of the molecule is Cn1c(=O)c(-c2c(F)ccc(N)c2F)cc2cnc(N)nc21. The maximum Gasteiger partial charge on any atom is 0.260 e. The van der Waals surface area contributed by atoms with Crippen LogP contribution in [0.5, 0.6) is 0 Å². The number of nitrogens with two attached hydrogens (primary N) is 2. The normalized spacial score (nSPS) is 11.0. The Kier molecular flexibility index (Phi) is 3.01. The molecule has 112 valence electrons. The first-order valence-electron chi connectivity index (χ1n) is 6.26. The van der Waals surface area contributed by atoms with Crippen LogP contribution in [-0.2, 0) is 7.05 Å². The fourth-order valence-corrected chi connectivity index (χ4v) is 2.25. The van der Waals surface area contributed by atoms with Crippen molar-refractivity contribution in [2.75, 3.05) is 11.5 Å². The van der Waals surface area contributed by atoms with Crippen molar-refractivity contribution < 1.29 is 8.78 Å². The number of aryl methyl sites for hydroxylation is 1. The number of rotatable bonds is 1. The molecule has 0 aliphatic carbocycles. The van der Waals surface area contributed by atoms with Crippen molar-refractivity contribution in [1.82, 2.24) is 14.5 Å². The summed E-state index contributed by atoms with van der Waals surface area (Å²) < 4.78 is 29.3. The van der Waals surface area contributed by atoms with E-state index in [1.807, 2.05) is 0 Å². The fourth-order valence-electron chi connectivity index (χ4n) is 2.25. The topological polar surface area (TPSA) is 99.8 Å². The molecule has 2 heterocycles. The molecule has 4 N–H and O–H groups in total. The van der Waals surface area contributed by atoms with Crippen LogP contribution in [0.3, 0.4) is 0 Å². The maximum atomic E-state index is 14.2. The molecule has 0 aliphatic rings. The summed E-state index contributed by atoms with van der Waals surface area (Å²) in [5.74, 6) is -1.86. The number of aromatic nitrogens is 3. The summed E-state index contributed by atoms with van der Waals surface area (Å²) in [6, 6.07) is 3.43. The van der Waals surface area contributed by atoms with E-state index >= 15 is 0 Å². The standard InChI is InChI=1S/C14H11F2N5O/c1-21-12-6(5-19-14(18)20-12)4-7(13(21)22)10-8(15)2-3-9(17)11(10)16/h2-5H,17H2,1H3,(H2,18,19,20). The first-order chi connectivity index (χ1) is 10.4. The second kappa shape index (κ2) is 4.76. The Morgan fingerprint density at radius 3 is 2.68 bits per heavy atom. The molecule has 0 fully saturated rings. The minimum atomic E-state index is -0.979. The number of nitrogen functional groups attached to an aromatic ring is 2. The number of pyridine rings is 1. The van der Waals surface area contributed by atoms with Crippen LogP contribution in [0.4, 0.5) is 20.4 Å². The van der Waals surface area contributed by atoms with Crippen LogP contribution in [0.1, 0.15) is 0 Å². The first kappa shape index (κ1) is 13.9. The van der Waals surface area contributed by atoms with Crippen LogP contribution < -0.4 is 17.0 Å². The zero-order chi connectivity index (χ0) is 16.0. The Balaban J connectivity index is 2.43. The van der Waals surface area contributed by atoms with E-state index in [1.54, 1.807) is 0 Å². The zero-order valence-corrected chi connectivity index (χ0v) is 11.5. The van der Waals surface area contributed by atoms with E-state index in [0.29, 0.717) is 5.39 Å². The van der Waals surface area contributed by atoms with Crippen LogP contribution >= 0.6 is 0 Å². The molecule has 6 nitrogen and oxygen atoms in total. The Bertz CT molecular complexity index is 968. The van der Waals surface area contributed by atoms with Gasteiger partial charge in [0.1, 0.15) is 11.5 Å². The fraction of sp³-hybridized carbons (Fsp3) is 0.0714. The molecular weight excluding hydrogens is 292 g/mol. The summed E-state index contributed by atoms with van der Waals surface area (Å²) in [4.78, 5) is 20.2. The van der Waals surface area contributed by atoms with E-state index in [0.717, 1.165) is 16.7 Å². The quantitative estimate of drug-likeness (QED) is 0.663. The summed E-state index contributed by atoms with van der Waals surface area (Å²) in [7, 11) is 1.43. The number of anilines is 2. The van der Waals surface area contributed by atoms with Crippen molar-refractivity contribution in [3.63, 3.8) is 0 Å². The average molecular weight is 303 g/mol. The molecule has 0 atom stereocenters. The molecule has 0 aliphatic heterocycles. The van der Waals surface area contributed by atoms with Crippen molar-refractivity contribution in [2.45, 2.75) is 0 Å². The van der Waals surface area contributed by atoms with Crippen LogP contribution in [-0.4, -0.2) is 14.5 Å². The summed E-state index contributed by atoms with van der Waals surface area (Å²) in [6.07, 6.45) is 1.38. The second-order valence-electron chi connectivity index (χ2n) is 4.75. The lowest BCUT2D eigenvalue weighted by atomic mass is 10.0. The molecule has 0 amide bonds. The lowest BCUT2D eigenvalue weighted by Crippen LogP contribution is -2.21. The molecule has 0 radical (unpaired) electrons. The third kappa shape index (κ3) is 1.96. The highest BCUT2D eigenvalue weighted by Gasteiger charge is 2.19. The van der Waals surface area contributed by atoms with Gasteiger partial charge in [-0.2, -0.15) is 4.98 Å². The van der Waals surface area contributed by atoms with Crippen molar-refractivity contribution in [3.8, 4) is 11.1 Å². The van der Waals surface area contributed by atoms with Gasteiger partial charge in [0.05, 0.1) is 16.8 Å². The minimum Gasteiger partial charge on any atom is -0.396 e. The molecule has 0 spiro atoms. The largest absolute Gasteiger partial charge is 0.396 e. The van der Waals surface area contributed by atoms with E-state index in [1.165, 1.54) is 19.3 Å². The minimum absolute atomic E-state index is 0.00318. The van der Waals surface area contributed by atoms with Gasteiger partial charge in [-0.1, -0.05) is 0 Å².